The largest absolute Gasteiger partial charge is 0.453 e. The maximum absolute atomic E-state index is 13.2. The van der Waals surface area contributed by atoms with Gasteiger partial charge in [-0.25, -0.2) is 22.0 Å². The van der Waals surface area contributed by atoms with Crippen molar-refractivity contribution in [3.63, 3.8) is 0 Å². The fraction of sp³-hybridized carbons (Fsp3) is 0.0714. The highest BCUT2D eigenvalue weighted by Gasteiger charge is 2.17. The minimum Gasteiger partial charge on any atom is -0.453 e. The molecular formula is C14H12F2N2O4S. The fourth-order valence-electron chi connectivity index (χ4n) is 1.69. The highest BCUT2D eigenvalue weighted by Crippen LogP contribution is 2.20. The summed E-state index contributed by atoms with van der Waals surface area (Å²) in [6.07, 6.45) is -0.717. The van der Waals surface area contributed by atoms with Crippen LogP contribution in [0.1, 0.15) is 0 Å². The van der Waals surface area contributed by atoms with Gasteiger partial charge in [0.25, 0.3) is 10.0 Å². The molecule has 0 spiro atoms. The summed E-state index contributed by atoms with van der Waals surface area (Å²) in [4.78, 5) is 10.7. The smallest absolute Gasteiger partial charge is 0.411 e. The number of rotatable bonds is 4. The molecule has 2 N–H and O–H groups in total. The molecule has 0 radical (unpaired) electrons. The van der Waals surface area contributed by atoms with Crippen molar-refractivity contribution in [3.05, 3.63) is 54.1 Å². The van der Waals surface area contributed by atoms with Crippen molar-refractivity contribution in [2.75, 3.05) is 17.1 Å². The molecule has 0 bridgehead atoms. The van der Waals surface area contributed by atoms with Crippen LogP contribution in [0, 0.1) is 11.6 Å². The molecule has 0 aromatic heterocycles. The number of anilines is 2. The van der Waals surface area contributed by atoms with E-state index in [0.29, 0.717) is 11.8 Å². The molecule has 0 aliphatic rings. The predicted octanol–water partition coefficient (Wildman–Crippen LogP) is 2.94. The number of hydrogen-bond acceptors (Lipinski definition) is 4. The number of sulfonamides is 1. The molecule has 23 heavy (non-hydrogen) atoms. The SMILES string of the molecule is COC(=O)Nc1cccc(NS(=O)(=O)c2ccc(F)c(F)c2)c1. The quantitative estimate of drug-likeness (QED) is 0.895. The number of nitrogens with one attached hydrogen (secondary N) is 2. The Bertz CT molecular complexity index is 840. The summed E-state index contributed by atoms with van der Waals surface area (Å²) < 4.78 is 57.0. The van der Waals surface area contributed by atoms with Gasteiger partial charge in [0, 0.05) is 5.69 Å². The Morgan fingerprint density at radius 2 is 1.74 bits per heavy atom. The van der Waals surface area contributed by atoms with Crippen molar-refractivity contribution in [2.24, 2.45) is 0 Å². The van der Waals surface area contributed by atoms with Crippen LogP contribution >= 0.6 is 0 Å². The van der Waals surface area contributed by atoms with Crippen LogP contribution in [-0.4, -0.2) is 21.6 Å². The van der Waals surface area contributed by atoms with Crippen LogP contribution in [0.3, 0.4) is 0 Å². The van der Waals surface area contributed by atoms with Crippen molar-refractivity contribution in [3.8, 4) is 0 Å². The molecule has 0 saturated carbocycles. The number of halogens is 2. The average Bonchev–Trinajstić information content (AvgIpc) is 2.49. The van der Waals surface area contributed by atoms with Crippen LogP contribution in [-0.2, 0) is 14.8 Å². The fourth-order valence-corrected chi connectivity index (χ4v) is 2.75. The molecule has 0 aliphatic heterocycles. The zero-order chi connectivity index (χ0) is 17.0. The van der Waals surface area contributed by atoms with Gasteiger partial charge in [0.1, 0.15) is 0 Å². The van der Waals surface area contributed by atoms with Gasteiger partial charge in [-0.15, -0.1) is 0 Å². The molecular weight excluding hydrogens is 330 g/mol. The van der Waals surface area contributed by atoms with E-state index in [1.165, 1.54) is 31.4 Å². The van der Waals surface area contributed by atoms with Crippen molar-refractivity contribution in [1.82, 2.24) is 0 Å². The van der Waals surface area contributed by atoms with Gasteiger partial charge in [0.05, 0.1) is 17.7 Å². The summed E-state index contributed by atoms with van der Waals surface area (Å²) in [5, 5.41) is 2.37. The van der Waals surface area contributed by atoms with Crippen LogP contribution in [0.4, 0.5) is 25.0 Å². The highest BCUT2D eigenvalue weighted by molar-refractivity contribution is 7.92. The lowest BCUT2D eigenvalue weighted by molar-refractivity contribution is 0.187. The number of hydrogen-bond donors (Lipinski definition) is 2. The molecule has 2 aromatic carbocycles. The van der Waals surface area contributed by atoms with Crippen molar-refractivity contribution >= 4 is 27.5 Å². The Kier molecular flexibility index (Phi) is 4.80. The first-order valence-electron chi connectivity index (χ1n) is 6.25. The third-order valence-electron chi connectivity index (χ3n) is 2.75. The molecule has 0 unspecified atom stereocenters. The summed E-state index contributed by atoms with van der Waals surface area (Å²) in [5.41, 5.74) is 0.422. The Balaban J connectivity index is 2.25. The Morgan fingerprint density at radius 1 is 1.04 bits per heavy atom. The van der Waals surface area contributed by atoms with Gasteiger partial charge in [0.2, 0.25) is 0 Å². The van der Waals surface area contributed by atoms with E-state index in [1.807, 2.05) is 0 Å². The van der Waals surface area contributed by atoms with Gasteiger partial charge in [-0.05, 0) is 36.4 Å². The molecule has 6 nitrogen and oxygen atoms in total. The lowest BCUT2D eigenvalue weighted by Crippen LogP contribution is -2.14. The molecule has 1 amide bonds. The summed E-state index contributed by atoms with van der Waals surface area (Å²) >= 11 is 0. The summed E-state index contributed by atoms with van der Waals surface area (Å²) in [6.45, 7) is 0. The third-order valence-corrected chi connectivity index (χ3v) is 4.13. The number of carbonyl (C=O) groups excluding carboxylic acids is 1. The lowest BCUT2D eigenvalue weighted by Gasteiger charge is -2.10. The topological polar surface area (TPSA) is 84.5 Å². The van der Waals surface area contributed by atoms with E-state index in [0.717, 1.165) is 12.1 Å². The van der Waals surface area contributed by atoms with Crippen LogP contribution in [0.25, 0.3) is 0 Å². The predicted molar refractivity (Wildman–Crippen MR) is 79.6 cm³/mol. The normalized spacial score (nSPS) is 10.9. The maximum atomic E-state index is 13.2. The second kappa shape index (κ2) is 6.61. The van der Waals surface area contributed by atoms with E-state index in [1.54, 1.807) is 0 Å². The van der Waals surface area contributed by atoms with Gasteiger partial charge in [0.15, 0.2) is 11.6 Å². The van der Waals surface area contributed by atoms with E-state index >= 15 is 0 Å². The third kappa shape index (κ3) is 4.16. The van der Waals surface area contributed by atoms with Crippen molar-refractivity contribution < 1.29 is 26.7 Å². The molecule has 0 fully saturated rings. The summed E-state index contributed by atoms with van der Waals surface area (Å²) in [6, 6.07) is 8.03. The first-order valence-corrected chi connectivity index (χ1v) is 7.73. The van der Waals surface area contributed by atoms with E-state index in [4.69, 9.17) is 0 Å². The van der Waals surface area contributed by atoms with Crippen LogP contribution in [0.5, 0.6) is 0 Å². The van der Waals surface area contributed by atoms with E-state index in [-0.39, 0.29) is 5.69 Å². The highest BCUT2D eigenvalue weighted by atomic mass is 32.2. The van der Waals surface area contributed by atoms with Gasteiger partial charge in [-0.1, -0.05) is 6.07 Å². The molecule has 0 aliphatic carbocycles. The number of ether oxygens (including phenoxy) is 1. The second-order valence-corrected chi connectivity index (χ2v) is 6.06. The molecule has 0 heterocycles. The zero-order valence-electron chi connectivity index (χ0n) is 11.8. The molecule has 9 heteroatoms. The molecule has 2 aromatic rings. The van der Waals surface area contributed by atoms with E-state index in [2.05, 4.69) is 14.8 Å². The van der Waals surface area contributed by atoms with E-state index < -0.39 is 32.6 Å². The molecule has 0 saturated heterocycles. The molecule has 122 valence electrons. The first-order chi connectivity index (χ1) is 10.8. The average molecular weight is 342 g/mol. The van der Waals surface area contributed by atoms with Crippen molar-refractivity contribution in [2.45, 2.75) is 4.90 Å². The zero-order valence-corrected chi connectivity index (χ0v) is 12.7. The number of amides is 1. The van der Waals surface area contributed by atoms with Crippen LogP contribution < -0.4 is 10.0 Å². The number of carbonyl (C=O) groups is 1. The standard InChI is InChI=1S/C14H12F2N2O4S/c1-22-14(19)17-9-3-2-4-10(7-9)18-23(20,21)11-5-6-12(15)13(16)8-11/h2-8,18H,1H3,(H,17,19). The number of benzene rings is 2. The lowest BCUT2D eigenvalue weighted by atomic mass is 10.3. The molecule has 2 rings (SSSR count). The minimum atomic E-state index is -4.10. The van der Waals surface area contributed by atoms with Crippen LogP contribution in [0.2, 0.25) is 0 Å². The van der Waals surface area contributed by atoms with Crippen molar-refractivity contribution in [1.29, 1.82) is 0 Å². The minimum absolute atomic E-state index is 0.128. The van der Waals surface area contributed by atoms with Gasteiger partial charge >= 0.3 is 6.09 Å². The first kappa shape index (κ1) is 16.7. The Morgan fingerprint density at radius 3 is 2.39 bits per heavy atom. The summed E-state index contributed by atoms with van der Waals surface area (Å²) in [5.74, 6) is -2.41. The molecule has 0 atom stereocenters. The Hall–Kier alpha value is -2.68. The number of methoxy groups -OCH3 is 1. The van der Waals surface area contributed by atoms with Gasteiger partial charge < -0.3 is 4.74 Å². The van der Waals surface area contributed by atoms with Gasteiger partial charge in [-0.3, -0.25) is 10.0 Å². The Labute approximate surface area is 131 Å². The second-order valence-electron chi connectivity index (χ2n) is 4.38. The monoisotopic (exact) mass is 342 g/mol. The maximum Gasteiger partial charge on any atom is 0.411 e. The van der Waals surface area contributed by atoms with E-state index in [9.17, 15) is 22.0 Å². The van der Waals surface area contributed by atoms with Crippen LogP contribution in [0.15, 0.2) is 47.4 Å². The van der Waals surface area contributed by atoms with Gasteiger partial charge in [-0.2, -0.15) is 0 Å². The summed E-state index contributed by atoms with van der Waals surface area (Å²) in [7, 11) is -2.92.